The Kier molecular flexibility index (Phi) is 5.78. The van der Waals surface area contributed by atoms with Crippen LogP contribution in [0.2, 0.25) is 10.0 Å². The lowest BCUT2D eigenvalue weighted by molar-refractivity contribution is 0.262. The van der Waals surface area contributed by atoms with Gasteiger partial charge in [0, 0.05) is 11.9 Å². The van der Waals surface area contributed by atoms with Crippen LogP contribution in [-0.4, -0.2) is 25.8 Å². The predicted molar refractivity (Wildman–Crippen MR) is 115 cm³/mol. The second-order valence-corrected chi connectivity index (χ2v) is 6.85. The highest BCUT2D eigenvalue weighted by molar-refractivity contribution is 6.35. The normalized spacial score (nSPS) is 10.5. The van der Waals surface area contributed by atoms with Crippen LogP contribution in [0.1, 0.15) is 0 Å². The van der Waals surface area contributed by atoms with Gasteiger partial charge >= 0.3 is 6.03 Å². The van der Waals surface area contributed by atoms with Gasteiger partial charge in [0.1, 0.15) is 17.7 Å². The van der Waals surface area contributed by atoms with Gasteiger partial charge in [0.05, 0.1) is 16.4 Å². The second-order valence-electron chi connectivity index (χ2n) is 6.00. The number of carbonyl (C=O) groups is 1. The first-order chi connectivity index (χ1) is 14.6. The number of amides is 2. The Labute approximate surface area is 181 Å². The Balaban J connectivity index is 1.44. The van der Waals surface area contributed by atoms with Crippen molar-refractivity contribution in [2.24, 2.45) is 0 Å². The average molecular weight is 441 g/mol. The van der Waals surface area contributed by atoms with E-state index in [9.17, 15) is 4.79 Å². The maximum atomic E-state index is 12.4. The maximum absolute atomic E-state index is 12.4. The lowest BCUT2D eigenvalue weighted by atomic mass is 10.3. The van der Waals surface area contributed by atoms with Crippen LogP contribution in [0, 0.1) is 0 Å². The minimum atomic E-state index is -0.435. The van der Waals surface area contributed by atoms with Crippen molar-refractivity contribution in [1.82, 2.24) is 19.7 Å². The van der Waals surface area contributed by atoms with Gasteiger partial charge in [-0.25, -0.2) is 19.4 Å². The lowest BCUT2D eigenvalue weighted by Crippen LogP contribution is -2.19. The summed E-state index contributed by atoms with van der Waals surface area (Å²) in [7, 11) is 0. The van der Waals surface area contributed by atoms with Gasteiger partial charge in [-0.1, -0.05) is 35.3 Å². The Morgan fingerprint density at radius 2 is 1.83 bits per heavy atom. The van der Waals surface area contributed by atoms with Gasteiger partial charge < -0.3 is 15.4 Å². The second kappa shape index (κ2) is 8.81. The van der Waals surface area contributed by atoms with E-state index in [4.69, 9.17) is 27.9 Å². The summed E-state index contributed by atoms with van der Waals surface area (Å²) in [6, 6.07) is 15.2. The number of nitrogens with zero attached hydrogens (tertiary/aromatic N) is 4. The van der Waals surface area contributed by atoms with Crippen molar-refractivity contribution in [1.29, 1.82) is 0 Å². The molecule has 0 unspecified atom stereocenters. The maximum Gasteiger partial charge on any atom is 0.323 e. The van der Waals surface area contributed by atoms with E-state index < -0.39 is 6.03 Å². The van der Waals surface area contributed by atoms with Crippen LogP contribution in [0.3, 0.4) is 0 Å². The Morgan fingerprint density at radius 1 is 1.03 bits per heavy atom. The van der Waals surface area contributed by atoms with E-state index in [-0.39, 0.29) is 10.9 Å². The van der Waals surface area contributed by atoms with E-state index in [0.717, 1.165) is 5.69 Å². The van der Waals surface area contributed by atoms with Gasteiger partial charge in [-0.05, 0) is 42.5 Å². The summed E-state index contributed by atoms with van der Waals surface area (Å²) < 4.78 is 7.36. The molecule has 0 fully saturated rings. The third kappa shape index (κ3) is 4.68. The van der Waals surface area contributed by atoms with Gasteiger partial charge in [0.2, 0.25) is 5.88 Å². The number of hydrogen-bond donors (Lipinski definition) is 2. The zero-order chi connectivity index (χ0) is 20.9. The quantitative estimate of drug-likeness (QED) is 0.432. The molecule has 8 nitrogen and oxygen atoms in total. The molecule has 2 N–H and O–H groups in total. The number of aromatic nitrogens is 4. The zero-order valence-electron chi connectivity index (χ0n) is 15.3. The SMILES string of the molecule is O=C(Nc1ccc(-n2cncn2)cc1)Nc1ccccc1Oc1ncc(Cl)cc1Cl. The molecule has 0 atom stereocenters. The fourth-order valence-electron chi connectivity index (χ4n) is 2.56. The molecule has 0 aliphatic carbocycles. The molecule has 0 aliphatic heterocycles. The minimum Gasteiger partial charge on any atom is -0.435 e. The number of carbonyl (C=O) groups excluding carboxylic acids is 1. The number of benzene rings is 2. The van der Waals surface area contributed by atoms with Crippen LogP contribution in [0.5, 0.6) is 11.6 Å². The van der Waals surface area contributed by atoms with Crippen molar-refractivity contribution in [3.8, 4) is 17.3 Å². The van der Waals surface area contributed by atoms with Crippen LogP contribution >= 0.6 is 23.2 Å². The topological polar surface area (TPSA) is 94.0 Å². The molecule has 2 heterocycles. The number of hydrogen-bond acceptors (Lipinski definition) is 5. The summed E-state index contributed by atoms with van der Waals surface area (Å²) in [5.41, 5.74) is 1.88. The fraction of sp³-hybridized carbons (Fsp3) is 0. The number of para-hydroxylation sites is 2. The molecule has 4 rings (SSSR count). The van der Waals surface area contributed by atoms with E-state index >= 15 is 0 Å². The van der Waals surface area contributed by atoms with Crippen LogP contribution in [-0.2, 0) is 0 Å². The molecule has 0 bridgehead atoms. The number of anilines is 2. The van der Waals surface area contributed by atoms with Gasteiger partial charge in [0.25, 0.3) is 0 Å². The molecular formula is C20H14Cl2N6O2. The van der Waals surface area contributed by atoms with Crippen molar-refractivity contribution in [2.45, 2.75) is 0 Å². The monoisotopic (exact) mass is 440 g/mol. The summed E-state index contributed by atoms with van der Waals surface area (Å²) in [6.45, 7) is 0. The summed E-state index contributed by atoms with van der Waals surface area (Å²) in [6.07, 6.45) is 4.47. The van der Waals surface area contributed by atoms with Gasteiger partial charge in [0.15, 0.2) is 5.75 Å². The Hall–Kier alpha value is -3.62. The molecule has 4 aromatic rings. The molecular weight excluding hydrogens is 427 g/mol. The molecule has 30 heavy (non-hydrogen) atoms. The molecule has 0 spiro atoms. The van der Waals surface area contributed by atoms with Crippen molar-refractivity contribution < 1.29 is 9.53 Å². The van der Waals surface area contributed by atoms with Gasteiger partial charge in [-0.3, -0.25) is 0 Å². The minimum absolute atomic E-state index is 0.180. The van der Waals surface area contributed by atoms with E-state index in [1.54, 1.807) is 47.4 Å². The summed E-state index contributed by atoms with van der Waals surface area (Å²) in [5, 5.41) is 10.2. The smallest absolute Gasteiger partial charge is 0.323 e. The first kappa shape index (κ1) is 19.7. The molecule has 2 aromatic carbocycles. The molecule has 0 saturated carbocycles. The molecule has 0 radical (unpaired) electrons. The van der Waals surface area contributed by atoms with Crippen LogP contribution in [0.4, 0.5) is 16.2 Å². The molecule has 10 heteroatoms. The standard InChI is InChI=1S/C20H14Cl2N6O2/c21-13-9-16(22)19(24-10-13)30-18-4-2-1-3-17(18)27-20(29)26-14-5-7-15(8-6-14)28-12-23-11-25-28/h1-12H,(H2,26,27,29). The van der Waals surface area contributed by atoms with E-state index in [1.807, 2.05) is 12.1 Å². The molecule has 0 saturated heterocycles. The highest BCUT2D eigenvalue weighted by Crippen LogP contribution is 2.33. The highest BCUT2D eigenvalue weighted by Gasteiger charge is 2.12. The zero-order valence-corrected chi connectivity index (χ0v) is 16.8. The third-order valence-corrected chi connectivity index (χ3v) is 4.40. The summed E-state index contributed by atoms with van der Waals surface area (Å²) >= 11 is 12.0. The van der Waals surface area contributed by atoms with Gasteiger partial charge in [-0.15, -0.1) is 0 Å². The number of ether oxygens (including phenoxy) is 1. The number of urea groups is 1. The van der Waals surface area contributed by atoms with E-state index in [1.165, 1.54) is 18.6 Å². The fourth-order valence-corrected chi connectivity index (χ4v) is 2.98. The predicted octanol–water partition coefficient (Wildman–Crippen LogP) is 5.41. The largest absolute Gasteiger partial charge is 0.435 e. The van der Waals surface area contributed by atoms with Crippen molar-refractivity contribution >= 4 is 40.6 Å². The van der Waals surface area contributed by atoms with Crippen molar-refractivity contribution in [3.63, 3.8) is 0 Å². The van der Waals surface area contributed by atoms with Crippen LogP contribution in [0.15, 0.2) is 73.4 Å². The summed E-state index contributed by atoms with van der Waals surface area (Å²) in [4.78, 5) is 20.4. The number of rotatable bonds is 5. The molecule has 150 valence electrons. The van der Waals surface area contributed by atoms with Crippen molar-refractivity contribution in [2.75, 3.05) is 10.6 Å². The summed E-state index contributed by atoms with van der Waals surface area (Å²) in [5.74, 6) is 0.560. The van der Waals surface area contributed by atoms with E-state index in [0.29, 0.717) is 22.1 Å². The first-order valence-electron chi connectivity index (χ1n) is 8.69. The average Bonchev–Trinajstić information content (AvgIpc) is 3.27. The highest BCUT2D eigenvalue weighted by atomic mass is 35.5. The Morgan fingerprint density at radius 3 is 2.57 bits per heavy atom. The third-order valence-electron chi connectivity index (χ3n) is 3.92. The Bertz CT molecular complexity index is 1170. The molecule has 2 aromatic heterocycles. The molecule has 2 amide bonds. The van der Waals surface area contributed by atoms with E-state index in [2.05, 4.69) is 25.7 Å². The number of pyridine rings is 1. The number of halogens is 2. The number of nitrogens with one attached hydrogen (secondary N) is 2. The van der Waals surface area contributed by atoms with Crippen LogP contribution < -0.4 is 15.4 Å². The van der Waals surface area contributed by atoms with Gasteiger partial charge in [-0.2, -0.15) is 5.10 Å². The van der Waals surface area contributed by atoms with Crippen LogP contribution in [0.25, 0.3) is 5.69 Å². The molecule has 0 aliphatic rings. The lowest BCUT2D eigenvalue weighted by Gasteiger charge is -2.13. The van der Waals surface area contributed by atoms with Crippen molar-refractivity contribution in [3.05, 3.63) is 83.5 Å². The first-order valence-corrected chi connectivity index (χ1v) is 9.45.